The van der Waals surface area contributed by atoms with E-state index >= 15 is 0 Å². The van der Waals surface area contributed by atoms with Crippen LogP contribution in [0.5, 0.6) is 0 Å². The van der Waals surface area contributed by atoms with Crippen LogP contribution in [0.1, 0.15) is 37.3 Å². The lowest BCUT2D eigenvalue weighted by atomic mass is 9.89. The first-order chi connectivity index (χ1) is 11.8. The van der Waals surface area contributed by atoms with E-state index in [1.54, 1.807) is 0 Å². The highest BCUT2D eigenvalue weighted by Gasteiger charge is 2.18. The van der Waals surface area contributed by atoms with Crippen molar-refractivity contribution in [2.75, 3.05) is 10.6 Å². The topological polar surface area (TPSA) is 24.1 Å². The van der Waals surface area contributed by atoms with Crippen molar-refractivity contribution < 1.29 is 0 Å². The van der Waals surface area contributed by atoms with Crippen LogP contribution in [0.15, 0.2) is 66.0 Å². The van der Waals surface area contributed by atoms with Crippen molar-refractivity contribution in [1.82, 2.24) is 0 Å². The average Bonchev–Trinajstić information content (AvgIpc) is 2.55. The van der Waals surface area contributed by atoms with Gasteiger partial charge in [-0.2, -0.15) is 0 Å². The zero-order chi connectivity index (χ0) is 16.4. The molecule has 122 valence electrons. The van der Waals surface area contributed by atoms with E-state index in [1.165, 1.54) is 47.5 Å². The predicted octanol–water partition coefficient (Wildman–Crippen LogP) is 5.81. The van der Waals surface area contributed by atoms with Crippen molar-refractivity contribution in [3.05, 3.63) is 77.1 Å². The number of allylic oxidation sites excluding steroid dienone is 2. The predicted molar refractivity (Wildman–Crippen MR) is 103 cm³/mol. The lowest BCUT2D eigenvalue weighted by Crippen LogP contribution is -2.18. The molecule has 2 aromatic rings. The lowest BCUT2D eigenvalue weighted by molar-refractivity contribution is 0.652. The summed E-state index contributed by atoms with van der Waals surface area (Å²) in [4.78, 5) is 0. The van der Waals surface area contributed by atoms with Gasteiger partial charge in [0, 0.05) is 11.4 Å². The first kappa shape index (κ1) is 15.1. The molecule has 0 amide bonds. The van der Waals surface area contributed by atoms with Gasteiger partial charge in [-0.1, -0.05) is 49.4 Å². The molecule has 2 aromatic carbocycles. The van der Waals surface area contributed by atoms with E-state index in [4.69, 9.17) is 0 Å². The summed E-state index contributed by atoms with van der Waals surface area (Å²) in [7, 11) is 0. The molecule has 4 rings (SSSR count). The molecule has 24 heavy (non-hydrogen) atoms. The highest BCUT2D eigenvalue weighted by molar-refractivity contribution is 5.69. The molecule has 0 spiro atoms. The van der Waals surface area contributed by atoms with Gasteiger partial charge in [-0.25, -0.2) is 0 Å². The van der Waals surface area contributed by atoms with E-state index in [1.807, 2.05) is 0 Å². The van der Waals surface area contributed by atoms with E-state index in [2.05, 4.69) is 78.2 Å². The van der Waals surface area contributed by atoms with E-state index in [0.717, 1.165) is 12.1 Å². The SMILES string of the molecule is CC1C=Cc2cccc(NC(Nc3ccccc3)=C3CCC3)c2C1. The third-order valence-electron chi connectivity index (χ3n) is 4.96. The van der Waals surface area contributed by atoms with Crippen LogP contribution in [-0.4, -0.2) is 0 Å². The molecule has 0 bridgehead atoms. The molecule has 2 heteroatoms. The number of rotatable bonds is 4. The normalized spacial score (nSPS) is 18.5. The summed E-state index contributed by atoms with van der Waals surface area (Å²) < 4.78 is 0. The number of hydrogen-bond acceptors (Lipinski definition) is 2. The Morgan fingerprint density at radius 1 is 0.958 bits per heavy atom. The molecule has 0 aliphatic heterocycles. The molecular formula is C22H24N2. The van der Waals surface area contributed by atoms with Gasteiger partial charge in [0.2, 0.25) is 0 Å². The molecule has 1 atom stereocenters. The molecule has 2 aliphatic rings. The Labute approximate surface area is 144 Å². The number of nitrogens with one attached hydrogen (secondary N) is 2. The minimum absolute atomic E-state index is 0.599. The summed E-state index contributed by atoms with van der Waals surface area (Å²) in [5, 5.41) is 7.31. The third-order valence-corrected chi connectivity index (χ3v) is 4.96. The third kappa shape index (κ3) is 3.09. The fraction of sp³-hybridized carbons (Fsp3) is 0.273. The second-order valence-corrected chi connectivity index (χ2v) is 6.86. The van der Waals surface area contributed by atoms with Crippen LogP contribution >= 0.6 is 0 Å². The first-order valence-corrected chi connectivity index (χ1v) is 8.91. The summed E-state index contributed by atoms with van der Waals surface area (Å²) in [5.74, 6) is 1.77. The lowest BCUT2D eigenvalue weighted by Gasteiger charge is -2.26. The number of fused-ring (bicyclic) bond motifs is 1. The van der Waals surface area contributed by atoms with Crippen LogP contribution in [0.2, 0.25) is 0 Å². The zero-order valence-corrected chi connectivity index (χ0v) is 14.2. The summed E-state index contributed by atoms with van der Waals surface area (Å²) in [6, 6.07) is 17.0. The minimum Gasteiger partial charge on any atom is -0.342 e. The van der Waals surface area contributed by atoms with Gasteiger partial charge in [0.15, 0.2) is 0 Å². The van der Waals surface area contributed by atoms with Crippen LogP contribution in [0.3, 0.4) is 0 Å². The van der Waals surface area contributed by atoms with Crippen molar-refractivity contribution in [2.45, 2.75) is 32.6 Å². The molecule has 0 aromatic heterocycles. The van der Waals surface area contributed by atoms with Gasteiger partial charge in [0.05, 0.1) is 0 Å². The molecule has 1 fully saturated rings. The molecule has 2 N–H and O–H groups in total. The van der Waals surface area contributed by atoms with Gasteiger partial charge in [-0.3, -0.25) is 0 Å². The molecule has 0 radical (unpaired) electrons. The van der Waals surface area contributed by atoms with Crippen molar-refractivity contribution in [3.63, 3.8) is 0 Å². The summed E-state index contributed by atoms with van der Waals surface area (Å²) >= 11 is 0. The fourth-order valence-electron chi connectivity index (χ4n) is 3.38. The Bertz CT molecular complexity index is 781. The summed E-state index contributed by atoms with van der Waals surface area (Å²) in [6.07, 6.45) is 9.34. The minimum atomic E-state index is 0.599. The molecule has 0 heterocycles. The second-order valence-electron chi connectivity index (χ2n) is 6.86. The maximum Gasteiger partial charge on any atom is 0.107 e. The van der Waals surface area contributed by atoms with Crippen LogP contribution in [0, 0.1) is 5.92 Å². The smallest absolute Gasteiger partial charge is 0.107 e. The average molecular weight is 316 g/mol. The molecule has 0 saturated heterocycles. The van der Waals surface area contributed by atoms with Crippen molar-refractivity contribution in [3.8, 4) is 0 Å². The van der Waals surface area contributed by atoms with Crippen molar-refractivity contribution in [2.24, 2.45) is 5.92 Å². The van der Waals surface area contributed by atoms with Crippen LogP contribution in [0.25, 0.3) is 6.08 Å². The monoisotopic (exact) mass is 316 g/mol. The van der Waals surface area contributed by atoms with Gasteiger partial charge >= 0.3 is 0 Å². The molecular weight excluding hydrogens is 292 g/mol. The highest BCUT2D eigenvalue weighted by atomic mass is 15.1. The van der Waals surface area contributed by atoms with Crippen molar-refractivity contribution in [1.29, 1.82) is 0 Å². The maximum atomic E-state index is 3.71. The van der Waals surface area contributed by atoms with E-state index in [0.29, 0.717) is 5.92 Å². The van der Waals surface area contributed by atoms with Crippen molar-refractivity contribution >= 4 is 17.5 Å². The standard InChI is InChI=1S/C22H24N2/c1-16-13-14-17-7-6-12-21(20(17)15-16)24-22(18-8-5-9-18)23-19-10-3-2-4-11-19/h2-4,6-7,10-14,16,23-24H,5,8-9,15H2,1H3. The van der Waals surface area contributed by atoms with E-state index < -0.39 is 0 Å². The summed E-state index contributed by atoms with van der Waals surface area (Å²) in [6.45, 7) is 2.28. The van der Waals surface area contributed by atoms with E-state index in [-0.39, 0.29) is 0 Å². The van der Waals surface area contributed by atoms with Gasteiger partial charge in [0.1, 0.15) is 5.82 Å². The maximum absolute atomic E-state index is 3.71. The molecule has 1 saturated carbocycles. The molecule has 1 unspecified atom stereocenters. The van der Waals surface area contributed by atoms with Gasteiger partial charge in [-0.15, -0.1) is 0 Å². The summed E-state index contributed by atoms with van der Waals surface area (Å²) in [5.41, 5.74) is 6.64. The Kier molecular flexibility index (Phi) is 4.12. The number of para-hydroxylation sites is 1. The largest absolute Gasteiger partial charge is 0.342 e. The highest BCUT2D eigenvalue weighted by Crippen LogP contribution is 2.33. The number of anilines is 2. The zero-order valence-electron chi connectivity index (χ0n) is 14.2. The fourth-order valence-corrected chi connectivity index (χ4v) is 3.38. The van der Waals surface area contributed by atoms with E-state index in [9.17, 15) is 0 Å². The Morgan fingerprint density at radius 2 is 1.79 bits per heavy atom. The Balaban J connectivity index is 1.64. The number of benzene rings is 2. The van der Waals surface area contributed by atoms with Crippen LogP contribution in [0.4, 0.5) is 11.4 Å². The van der Waals surface area contributed by atoms with Gasteiger partial charge < -0.3 is 10.6 Å². The van der Waals surface area contributed by atoms with Crippen LogP contribution in [-0.2, 0) is 6.42 Å². The molecule has 2 aliphatic carbocycles. The number of hydrogen-bond donors (Lipinski definition) is 2. The Morgan fingerprint density at radius 3 is 2.54 bits per heavy atom. The molecule has 2 nitrogen and oxygen atoms in total. The first-order valence-electron chi connectivity index (χ1n) is 8.91. The Hall–Kier alpha value is -2.48. The second kappa shape index (κ2) is 6.56. The van der Waals surface area contributed by atoms with Gasteiger partial charge in [0.25, 0.3) is 0 Å². The van der Waals surface area contributed by atoms with Gasteiger partial charge in [-0.05, 0) is 66.5 Å². The van der Waals surface area contributed by atoms with Crippen LogP contribution < -0.4 is 10.6 Å². The quantitative estimate of drug-likeness (QED) is 0.743.